The summed E-state index contributed by atoms with van der Waals surface area (Å²) in [6, 6.07) is 7.91. The number of ether oxygens (including phenoxy) is 1. The average Bonchev–Trinajstić information content (AvgIpc) is 3.24. The van der Waals surface area contributed by atoms with Gasteiger partial charge in [0.25, 0.3) is 10.2 Å². The van der Waals surface area contributed by atoms with Crippen molar-refractivity contribution in [2.45, 2.75) is 110 Å². The highest BCUT2D eigenvalue weighted by Crippen LogP contribution is 2.52. The number of piperidine rings is 1. The van der Waals surface area contributed by atoms with Gasteiger partial charge in [-0.3, -0.25) is 4.79 Å². The second kappa shape index (κ2) is 14.9. The number of hydrogen-bond acceptors (Lipinski definition) is 8. The van der Waals surface area contributed by atoms with Crippen LogP contribution in [0.3, 0.4) is 0 Å². The molecule has 1 aliphatic heterocycles. The van der Waals surface area contributed by atoms with Gasteiger partial charge in [0.2, 0.25) is 0 Å². The lowest BCUT2D eigenvalue weighted by molar-refractivity contribution is -0.144. The molecule has 1 aromatic heterocycles. The number of anilines is 1. The number of unbranched alkanes of at least 4 members (excludes halogenated alkanes) is 1. The van der Waals surface area contributed by atoms with Crippen LogP contribution < -0.4 is 14.3 Å². The minimum Gasteiger partial charge on any atom is -0.465 e. The second-order valence-electron chi connectivity index (χ2n) is 13.4. The van der Waals surface area contributed by atoms with Gasteiger partial charge in [-0.25, -0.2) is 9.97 Å². The Morgan fingerprint density at radius 1 is 1.20 bits per heavy atom. The second-order valence-corrected chi connectivity index (χ2v) is 16.0. The zero-order valence-corrected chi connectivity index (χ0v) is 29.0. The van der Waals surface area contributed by atoms with Crippen molar-refractivity contribution in [1.29, 1.82) is 0 Å². The quantitative estimate of drug-likeness (QED) is 0.186. The third-order valence-corrected chi connectivity index (χ3v) is 11.3. The SMILES string of the molecule is CCCCC(CC)COC(=O)CCSc1ncc(N2CCC3(CC2)Cc2ccccc2[C@H]3NS(=O)(=O)NC(C)(C)C)nc1C. The minimum absolute atomic E-state index is 0.152. The number of carbonyl (C=O) groups is 1. The molecule has 44 heavy (non-hydrogen) atoms. The van der Waals surface area contributed by atoms with Crippen molar-refractivity contribution in [1.82, 2.24) is 19.4 Å². The van der Waals surface area contributed by atoms with Crippen molar-refractivity contribution in [2.24, 2.45) is 11.3 Å². The van der Waals surface area contributed by atoms with E-state index in [0.717, 1.165) is 73.7 Å². The molecule has 2 atom stereocenters. The highest BCUT2D eigenvalue weighted by Gasteiger charge is 2.49. The van der Waals surface area contributed by atoms with E-state index in [1.165, 1.54) is 23.7 Å². The summed E-state index contributed by atoms with van der Waals surface area (Å²) in [5, 5.41) is 0.830. The van der Waals surface area contributed by atoms with Gasteiger partial charge in [0.1, 0.15) is 10.8 Å². The number of aromatic nitrogens is 2. The molecule has 11 heteroatoms. The first-order chi connectivity index (χ1) is 20.8. The Morgan fingerprint density at radius 2 is 1.93 bits per heavy atom. The Bertz CT molecular complexity index is 1370. The molecule has 1 aliphatic carbocycles. The maximum Gasteiger partial charge on any atom is 0.306 e. The number of nitrogens with one attached hydrogen (secondary N) is 2. The van der Waals surface area contributed by atoms with E-state index in [0.29, 0.717) is 24.7 Å². The predicted molar refractivity (Wildman–Crippen MR) is 178 cm³/mol. The topological polar surface area (TPSA) is 114 Å². The average molecular weight is 646 g/mol. The summed E-state index contributed by atoms with van der Waals surface area (Å²) in [5.41, 5.74) is 2.36. The number of aryl methyl sites for hydroxylation is 1. The number of nitrogens with zero attached hydrogens (tertiary/aromatic N) is 3. The molecule has 4 rings (SSSR count). The smallest absolute Gasteiger partial charge is 0.306 e. The van der Waals surface area contributed by atoms with Crippen LogP contribution in [0.1, 0.15) is 102 Å². The number of thioether (sulfide) groups is 1. The molecule has 1 unspecified atom stereocenters. The van der Waals surface area contributed by atoms with Crippen molar-refractivity contribution in [2.75, 3.05) is 30.3 Å². The van der Waals surface area contributed by atoms with E-state index in [-0.39, 0.29) is 17.4 Å². The predicted octanol–water partition coefficient (Wildman–Crippen LogP) is 6.13. The monoisotopic (exact) mass is 645 g/mol. The number of benzene rings is 1. The molecule has 2 heterocycles. The lowest BCUT2D eigenvalue weighted by Crippen LogP contribution is -2.52. The van der Waals surface area contributed by atoms with Gasteiger partial charge >= 0.3 is 5.97 Å². The van der Waals surface area contributed by atoms with E-state index >= 15 is 0 Å². The summed E-state index contributed by atoms with van der Waals surface area (Å²) in [6.07, 6.45) is 9.16. The molecule has 9 nitrogen and oxygen atoms in total. The molecule has 2 aliphatic rings. The van der Waals surface area contributed by atoms with Crippen molar-refractivity contribution < 1.29 is 17.9 Å². The zero-order valence-electron chi connectivity index (χ0n) is 27.3. The van der Waals surface area contributed by atoms with E-state index in [1.54, 1.807) is 0 Å². The van der Waals surface area contributed by atoms with Crippen molar-refractivity contribution >= 4 is 33.8 Å². The Morgan fingerprint density at radius 3 is 2.59 bits per heavy atom. The van der Waals surface area contributed by atoms with Crippen LogP contribution >= 0.6 is 11.8 Å². The minimum atomic E-state index is -3.71. The summed E-state index contributed by atoms with van der Waals surface area (Å²) in [6.45, 7) is 13.9. The molecule has 0 saturated carbocycles. The van der Waals surface area contributed by atoms with Crippen molar-refractivity contribution in [3.63, 3.8) is 0 Å². The van der Waals surface area contributed by atoms with Crippen LogP contribution in [0.5, 0.6) is 0 Å². The van der Waals surface area contributed by atoms with Gasteiger partial charge in [-0.1, -0.05) is 57.4 Å². The largest absolute Gasteiger partial charge is 0.465 e. The van der Waals surface area contributed by atoms with Crippen LogP contribution in [0.2, 0.25) is 0 Å². The van der Waals surface area contributed by atoms with Gasteiger partial charge in [-0.2, -0.15) is 17.9 Å². The molecule has 0 bridgehead atoms. The van der Waals surface area contributed by atoms with E-state index in [2.05, 4.69) is 40.3 Å². The normalized spacial score (nSPS) is 18.8. The molecule has 0 radical (unpaired) electrons. The lowest BCUT2D eigenvalue weighted by Gasteiger charge is -2.44. The molecule has 1 fully saturated rings. The summed E-state index contributed by atoms with van der Waals surface area (Å²) in [7, 11) is -3.71. The van der Waals surface area contributed by atoms with Gasteiger partial charge in [-0.15, -0.1) is 11.8 Å². The molecule has 1 spiro atoms. The molecular weight excluding hydrogens is 595 g/mol. The fourth-order valence-electron chi connectivity index (χ4n) is 6.38. The van der Waals surface area contributed by atoms with E-state index < -0.39 is 15.7 Å². The molecule has 2 aromatic rings. The fraction of sp³-hybridized carbons (Fsp3) is 0.667. The summed E-state index contributed by atoms with van der Waals surface area (Å²) >= 11 is 1.54. The number of carbonyl (C=O) groups excluding carboxylic acids is 1. The molecule has 244 valence electrons. The van der Waals surface area contributed by atoms with Gasteiger partial charge in [0, 0.05) is 24.4 Å². The Balaban J connectivity index is 1.33. The molecule has 1 saturated heterocycles. The van der Waals surface area contributed by atoms with Crippen LogP contribution in [-0.2, 0) is 26.2 Å². The molecule has 2 N–H and O–H groups in total. The highest BCUT2D eigenvalue weighted by molar-refractivity contribution is 7.99. The molecule has 0 amide bonds. The maximum atomic E-state index is 13.1. The van der Waals surface area contributed by atoms with Crippen molar-refractivity contribution in [3.8, 4) is 0 Å². The maximum absolute atomic E-state index is 13.1. The Labute approximate surface area is 268 Å². The summed E-state index contributed by atoms with van der Waals surface area (Å²) < 4.78 is 37.6. The van der Waals surface area contributed by atoms with Gasteiger partial charge < -0.3 is 9.64 Å². The lowest BCUT2D eigenvalue weighted by atomic mass is 9.73. The highest BCUT2D eigenvalue weighted by atomic mass is 32.2. The van der Waals surface area contributed by atoms with Gasteiger partial charge in [0.15, 0.2) is 0 Å². The molecular formula is C33H51N5O4S2. The number of hydrogen-bond donors (Lipinski definition) is 2. The van der Waals surface area contributed by atoms with Gasteiger partial charge in [0.05, 0.1) is 31.0 Å². The van der Waals surface area contributed by atoms with Gasteiger partial charge in [-0.05, 0) is 75.8 Å². The Hall–Kier alpha value is -2.21. The van der Waals surface area contributed by atoms with E-state index in [1.807, 2.05) is 46.0 Å². The first-order valence-electron chi connectivity index (χ1n) is 16.1. The van der Waals surface area contributed by atoms with Crippen LogP contribution in [0, 0.1) is 18.3 Å². The molecule has 1 aromatic carbocycles. The van der Waals surface area contributed by atoms with E-state index in [9.17, 15) is 13.2 Å². The van der Waals surface area contributed by atoms with Crippen LogP contribution in [0.15, 0.2) is 35.5 Å². The number of esters is 1. The zero-order chi connectivity index (χ0) is 32.0. The van der Waals surface area contributed by atoms with Crippen molar-refractivity contribution in [3.05, 3.63) is 47.3 Å². The van der Waals surface area contributed by atoms with Crippen LogP contribution in [-0.4, -0.2) is 55.3 Å². The fourth-order valence-corrected chi connectivity index (χ4v) is 8.77. The number of rotatable bonds is 14. The van der Waals surface area contributed by atoms with E-state index in [4.69, 9.17) is 14.7 Å². The number of fused-ring (bicyclic) bond motifs is 1. The third-order valence-electron chi connectivity index (χ3n) is 8.78. The third kappa shape index (κ3) is 9.17. The van der Waals surface area contributed by atoms with Crippen LogP contribution in [0.25, 0.3) is 0 Å². The first kappa shape index (κ1) is 34.7. The standard InChI is InChI=1S/C33H51N5O4S2/c1-7-9-12-25(8-2)23-42-29(39)15-20-43-31-24(3)35-28(22-34-31)38-18-16-33(17-19-38)21-26-13-10-11-14-27(26)30(33)36-44(40,41)37-32(4,5)6/h10-11,13-14,22,25,30,36-37H,7-9,12,15-21,23H2,1-6H3/t25?,30-/m1/s1. The Kier molecular flexibility index (Phi) is 11.8. The van der Waals surface area contributed by atoms with Crippen LogP contribution in [0.4, 0.5) is 5.82 Å². The summed E-state index contributed by atoms with van der Waals surface area (Å²) in [4.78, 5) is 24.1. The summed E-state index contributed by atoms with van der Waals surface area (Å²) in [5.74, 6) is 1.73. The first-order valence-corrected chi connectivity index (χ1v) is 18.6.